The fourth-order valence-corrected chi connectivity index (χ4v) is 4.97. The van der Waals surface area contributed by atoms with Gasteiger partial charge in [-0.25, -0.2) is 4.99 Å². The number of nitrogens with zero attached hydrogens (tertiary/aromatic N) is 3. The zero-order valence-electron chi connectivity index (χ0n) is 15.7. The van der Waals surface area contributed by atoms with E-state index in [0.717, 1.165) is 43.3 Å². The standard InChI is InChI=1S/C21H32N4O/c22-20-21(26)25(19-11-7-6-10-18(19)23-20)17-12-14-24(15-13-17)16-8-4-2-1-3-5-9-16/h6-7,10-11,16-17,21,26H,1-5,8-9,12-15H2,(H2,22,23). The van der Waals surface area contributed by atoms with Crippen molar-refractivity contribution in [2.24, 2.45) is 10.7 Å². The van der Waals surface area contributed by atoms with Crippen LogP contribution in [0.4, 0.5) is 11.4 Å². The van der Waals surface area contributed by atoms with Crippen LogP contribution >= 0.6 is 0 Å². The number of benzene rings is 1. The Hall–Kier alpha value is -1.59. The number of fused-ring (bicyclic) bond motifs is 1. The normalized spacial score (nSPS) is 26.7. The summed E-state index contributed by atoms with van der Waals surface area (Å²) in [5.74, 6) is 0.311. The molecule has 1 saturated carbocycles. The summed E-state index contributed by atoms with van der Waals surface area (Å²) in [6, 6.07) is 9.11. The molecule has 1 aliphatic carbocycles. The van der Waals surface area contributed by atoms with Crippen molar-refractivity contribution in [3.8, 4) is 0 Å². The van der Waals surface area contributed by atoms with E-state index in [1.165, 1.54) is 44.9 Å². The minimum Gasteiger partial charge on any atom is -0.383 e. The molecule has 2 heterocycles. The predicted octanol–water partition coefficient (Wildman–Crippen LogP) is 3.39. The quantitative estimate of drug-likeness (QED) is 0.852. The highest BCUT2D eigenvalue weighted by Gasteiger charge is 2.35. The maximum Gasteiger partial charge on any atom is 0.186 e. The van der Waals surface area contributed by atoms with Crippen LogP contribution in [0.2, 0.25) is 0 Å². The number of likely N-dealkylation sites (tertiary alicyclic amines) is 1. The first-order valence-corrected chi connectivity index (χ1v) is 10.4. The lowest BCUT2D eigenvalue weighted by Gasteiger charge is -2.45. The Kier molecular flexibility index (Phi) is 5.46. The van der Waals surface area contributed by atoms with E-state index in [4.69, 9.17) is 5.73 Å². The second-order valence-electron chi connectivity index (χ2n) is 8.07. The van der Waals surface area contributed by atoms with Crippen LogP contribution in [-0.2, 0) is 0 Å². The molecule has 5 nitrogen and oxygen atoms in total. The van der Waals surface area contributed by atoms with Crippen LogP contribution in [0.5, 0.6) is 0 Å². The fraction of sp³-hybridized carbons (Fsp3) is 0.667. The monoisotopic (exact) mass is 356 g/mol. The fourth-order valence-electron chi connectivity index (χ4n) is 4.97. The molecule has 1 unspecified atom stereocenters. The Morgan fingerprint density at radius 1 is 0.885 bits per heavy atom. The van der Waals surface area contributed by atoms with E-state index in [1.54, 1.807) is 0 Å². The minimum absolute atomic E-state index is 0.311. The van der Waals surface area contributed by atoms with E-state index < -0.39 is 6.23 Å². The van der Waals surface area contributed by atoms with Crippen LogP contribution in [0.1, 0.15) is 57.8 Å². The number of amidine groups is 1. The van der Waals surface area contributed by atoms with Gasteiger partial charge in [0.15, 0.2) is 6.23 Å². The van der Waals surface area contributed by atoms with Gasteiger partial charge >= 0.3 is 0 Å². The molecule has 0 amide bonds. The van der Waals surface area contributed by atoms with Gasteiger partial charge in [0.05, 0.1) is 11.4 Å². The van der Waals surface area contributed by atoms with Crippen molar-refractivity contribution in [3.63, 3.8) is 0 Å². The van der Waals surface area contributed by atoms with Gasteiger partial charge in [-0.05, 0) is 37.8 Å². The van der Waals surface area contributed by atoms with Crippen LogP contribution in [0.25, 0.3) is 0 Å². The molecule has 26 heavy (non-hydrogen) atoms. The number of nitrogens with two attached hydrogens (primary N) is 1. The van der Waals surface area contributed by atoms with Crippen molar-refractivity contribution in [3.05, 3.63) is 24.3 Å². The largest absolute Gasteiger partial charge is 0.383 e. The second-order valence-corrected chi connectivity index (χ2v) is 8.07. The smallest absolute Gasteiger partial charge is 0.186 e. The molecular formula is C21H32N4O. The lowest BCUT2D eigenvalue weighted by molar-refractivity contribution is 0.117. The molecule has 1 saturated heterocycles. The molecule has 2 fully saturated rings. The summed E-state index contributed by atoms with van der Waals surface area (Å²) in [5.41, 5.74) is 7.90. The summed E-state index contributed by atoms with van der Waals surface area (Å²) < 4.78 is 0. The number of aliphatic hydroxyl groups excluding tert-OH is 1. The zero-order valence-corrected chi connectivity index (χ0v) is 15.7. The second kappa shape index (κ2) is 7.97. The highest BCUT2D eigenvalue weighted by Crippen LogP contribution is 2.37. The minimum atomic E-state index is -0.803. The summed E-state index contributed by atoms with van der Waals surface area (Å²) in [6.07, 6.45) is 11.1. The maximum atomic E-state index is 10.7. The van der Waals surface area contributed by atoms with E-state index >= 15 is 0 Å². The summed E-state index contributed by atoms with van der Waals surface area (Å²) in [6.45, 7) is 2.25. The maximum absolute atomic E-state index is 10.7. The number of piperidine rings is 1. The first kappa shape index (κ1) is 17.8. The molecule has 1 aromatic carbocycles. The highest BCUT2D eigenvalue weighted by atomic mass is 16.3. The molecule has 3 N–H and O–H groups in total. The van der Waals surface area contributed by atoms with Gasteiger partial charge in [0, 0.05) is 25.2 Å². The Labute approximate surface area is 156 Å². The molecule has 0 radical (unpaired) electrons. The van der Waals surface area contributed by atoms with Gasteiger partial charge < -0.3 is 20.6 Å². The van der Waals surface area contributed by atoms with Crippen LogP contribution in [-0.4, -0.2) is 47.2 Å². The van der Waals surface area contributed by atoms with Gasteiger partial charge in [0.25, 0.3) is 0 Å². The third-order valence-corrected chi connectivity index (χ3v) is 6.42. The van der Waals surface area contributed by atoms with Crippen molar-refractivity contribution in [2.45, 2.75) is 76.1 Å². The van der Waals surface area contributed by atoms with Gasteiger partial charge in [-0.1, -0.05) is 44.2 Å². The van der Waals surface area contributed by atoms with E-state index in [9.17, 15) is 5.11 Å². The Morgan fingerprint density at radius 3 is 2.27 bits per heavy atom. The lowest BCUT2D eigenvalue weighted by Crippen LogP contribution is -2.55. The van der Waals surface area contributed by atoms with E-state index in [-0.39, 0.29) is 0 Å². The highest BCUT2D eigenvalue weighted by molar-refractivity contribution is 5.95. The summed E-state index contributed by atoms with van der Waals surface area (Å²) >= 11 is 0. The van der Waals surface area contributed by atoms with Gasteiger partial charge in [-0.15, -0.1) is 0 Å². The molecule has 0 aromatic heterocycles. The van der Waals surface area contributed by atoms with Crippen molar-refractivity contribution in [1.29, 1.82) is 0 Å². The third kappa shape index (κ3) is 3.60. The number of aliphatic hydroxyl groups is 1. The van der Waals surface area contributed by atoms with Gasteiger partial charge in [0.2, 0.25) is 0 Å². The summed E-state index contributed by atoms with van der Waals surface area (Å²) in [5, 5.41) is 10.7. The number of para-hydroxylation sites is 2. The molecule has 0 spiro atoms. The van der Waals surface area contributed by atoms with Crippen LogP contribution in [0, 0.1) is 0 Å². The van der Waals surface area contributed by atoms with E-state index in [1.807, 2.05) is 18.2 Å². The Bertz CT molecular complexity index is 631. The summed E-state index contributed by atoms with van der Waals surface area (Å²) in [7, 11) is 0. The number of hydrogen-bond acceptors (Lipinski definition) is 5. The molecule has 5 heteroatoms. The number of rotatable bonds is 2. The number of aliphatic imine (C=N–C) groups is 1. The topological polar surface area (TPSA) is 65.1 Å². The predicted molar refractivity (Wildman–Crippen MR) is 107 cm³/mol. The van der Waals surface area contributed by atoms with Crippen LogP contribution in [0.3, 0.4) is 0 Å². The van der Waals surface area contributed by atoms with E-state index in [0.29, 0.717) is 11.9 Å². The lowest BCUT2D eigenvalue weighted by atomic mass is 9.92. The van der Waals surface area contributed by atoms with Crippen molar-refractivity contribution >= 4 is 17.2 Å². The van der Waals surface area contributed by atoms with Gasteiger partial charge in [-0.3, -0.25) is 0 Å². The van der Waals surface area contributed by atoms with Crippen molar-refractivity contribution in [2.75, 3.05) is 18.0 Å². The zero-order chi connectivity index (χ0) is 17.9. The Balaban J connectivity index is 1.43. The average molecular weight is 357 g/mol. The molecule has 1 atom stereocenters. The van der Waals surface area contributed by atoms with E-state index in [2.05, 4.69) is 20.9 Å². The van der Waals surface area contributed by atoms with Crippen LogP contribution in [0.15, 0.2) is 29.3 Å². The first-order chi connectivity index (χ1) is 12.7. The SMILES string of the molecule is NC1=Nc2ccccc2N(C2CCN(C3CCCCCCC3)CC2)C1O. The third-order valence-electron chi connectivity index (χ3n) is 6.42. The molecule has 1 aromatic rings. The average Bonchev–Trinajstić information content (AvgIpc) is 2.63. The van der Waals surface area contributed by atoms with Crippen LogP contribution < -0.4 is 10.6 Å². The molecule has 4 rings (SSSR count). The first-order valence-electron chi connectivity index (χ1n) is 10.4. The molecule has 3 aliphatic rings. The molecule has 2 aliphatic heterocycles. The van der Waals surface area contributed by atoms with Crippen molar-refractivity contribution < 1.29 is 5.11 Å². The van der Waals surface area contributed by atoms with Gasteiger partial charge in [-0.2, -0.15) is 0 Å². The molecular weight excluding hydrogens is 324 g/mol. The number of anilines is 1. The number of hydrogen-bond donors (Lipinski definition) is 2. The van der Waals surface area contributed by atoms with Gasteiger partial charge in [0.1, 0.15) is 5.84 Å². The summed E-state index contributed by atoms with van der Waals surface area (Å²) in [4.78, 5) is 9.19. The Morgan fingerprint density at radius 2 is 1.54 bits per heavy atom. The molecule has 142 valence electrons. The molecule has 0 bridgehead atoms. The van der Waals surface area contributed by atoms with Crippen molar-refractivity contribution in [1.82, 2.24) is 4.90 Å².